The summed E-state index contributed by atoms with van der Waals surface area (Å²) in [5.41, 5.74) is 23.5. The van der Waals surface area contributed by atoms with Gasteiger partial charge >= 0.3 is 0 Å². The van der Waals surface area contributed by atoms with Crippen molar-refractivity contribution in [3.05, 3.63) is 375 Å². The summed E-state index contributed by atoms with van der Waals surface area (Å²) in [5.74, 6) is 0. The number of aryl methyl sites for hydroxylation is 3. The van der Waals surface area contributed by atoms with E-state index < -0.39 is 0 Å². The van der Waals surface area contributed by atoms with Crippen molar-refractivity contribution in [3.8, 4) is 66.8 Å². The van der Waals surface area contributed by atoms with Crippen molar-refractivity contribution in [3.63, 3.8) is 0 Å². The molecule has 22 rings (SSSR count). The maximum absolute atomic E-state index is 6.60. The Bertz CT molecular complexity index is 7270. The van der Waals surface area contributed by atoms with Gasteiger partial charge in [-0.05, 0) is 199 Å². The summed E-state index contributed by atoms with van der Waals surface area (Å²) in [6.07, 6.45) is 0. The lowest BCUT2D eigenvalue weighted by Crippen LogP contribution is -1.86. The second-order valence-electron chi connectivity index (χ2n) is 28.3. The summed E-state index contributed by atoms with van der Waals surface area (Å²) in [4.78, 5) is 0. The van der Waals surface area contributed by atoms with E-state index in [1.807, 2.05) is 0 Å². The molecule has 498 valence electrons. The molecule has 0 fully saturated rings. The van der Waals surface area contributed by atoms with Crippen LogP contribution in [0.1, 0.15) is 16.7 Å². The van der Waals surface area contributed by atoms with Gasteiger partial charge in [0, 0.05) is 49.0 Å². The predicted molar refractivity (Wildman–Crippen MR) is 451 cm³/mol. The van der Waals surface area contributed by atoms with Gasteiger partial charge in [0.15, 0.2) is 0 Å². The van der Waals surface area contributed by atoms with Crippen LogP contribution in [0.5, 0.6) is 0 Å². The van der Waals surface area contributed by atoms with E-state index in [-0.39, 0.29) is 0 Å². The highest BCUT2D eigenvalue weighted by atomic mass is 16.3. The quantitative estimate of drug-likeness (QED) is 0.156. The first-order chi connectivity index (χ1) is 52.3. The summed E-state index contributed by atoms with van der Waals surface area (Å²) < 4.78 is 19.7. The molecule has 0 unspecified atom stereocenters. The van der Waals surface area contributed by atoms with Crippen molar-refractivity contribution < 1.29 is 13.3 Å². The van der Waals surface area contributed by atoms with Crippen LogP contribution in [0.25, 0.3) is 208 Å². The first kappa shape index (κ1) is 62.2. The largest absolute Gasteiger partial charge is 0.455 e. The smallest absolute Gasteiger partial charge is 0.143 e. The van der Waals surface area contributed by atoms with Crippen LogP contribution < -0.4 is 0 Å². The van der Waals surface area contributed by atoms with E-state index >= 15 is 0 Å². The lowest BCUT2D eigenvalue weighted by atomic mass is 9.91. The van der Waals surface area contributed by atoms with Crippen LogP contribution in [0.15, 0.2) is 371 Å². The summed E-state index contributed by atoms with van der Waals surface area (Å²) >= 11 is 0. The molecule has 3 heteroatoms. The van der Waals surface area contributed by atoms with Crippen LogP contribution in [-0.4, -0.2) is 0 Å². The maximum atomic E-state index is 6.60. The van der Waals surface area contributed by atoms with Crippen LogP contribution >= 0.6 is 0 Å². The van der Waals surface area contributed by atoms with Crippen molar-refractivity contribution in [2.75, 3.05) is 0 Å². The second-order valence-corrected chi connectivity index (χ2v) is 28.3. The number of hydrogen-bond donors (Lipinski definition) is 0. The van der Waals surface area contributed by atoms with Gasteiger partial charge in [0.05, 0.1) is 0 Å². The predicted octanol–water partition coefficient (Wildman–Crippen LogP) is 29.8. The fourth-order valence-corrected chi connectivity index (χ4v) is 16.6. The molecule has 3 nitrogen and oxygen atoms in total. The zero-order valence-corrected chi connectivity index (χ0v) is 58.8. The van der Waals surface area contributed by atoms with Gasteiger partial charge in [-0.1, -0.05) is 322 Å². The first-order valence-corrected chi connectivity index (χ1v) is 36.5. The Morgan fingerprint density at radius 1 is 0.151 bits per heavy atom. The lowest BCUT2D eigenvalue weighted by molar-refractivity contribution is 0.667. The van der Waals surface area contributed by atoms with Gasteiger partial charge in [0.2, 0.25) is 0 Å². The number of furan rings is 3. The van der Waals surface area contributed by atoms with Crippen LogP contribution in [0.4, 0.5) is 0 Å². The molecule has 3 heterocycles. The number of hydrogen-bond acceptors (Lipinski definition) is 3. The first-order valence-electron chi connectivity index (χ1n) is 36.5. The lowest BCUT2D eigenvalue weighted by Gasteiger charge is -2.12. The minimum Gasteiger partial charge on any atom is -0.455 e. The normalized spacial score (nSPS) is 11.7. The molecule has 0 amide bonds. The Labute approximate surface area is 612 Å². The van der Waals surface area contributed by atoms with Crippen LogP contribution in [0.3, 0.4) is 0 Å². The average Bonchev–Trinajstić information content (AvgIpc) is 1.59. The minimum absolute atomic E-state index is 0.954. The Balaban J connectivity index is 0.000000106. The molecular formula is C103H68O3. The van der Waals surface area contributed by atoms with Gasteiger partial charge < -0.3 is 13.3 Å². The number of benzene rings is 19. The van der Waals surface area contributed by atoms with Gasteiger partial charge in [-0.3, -0.25) is 0 Å². The molecule has 0 atom stereocenters. The van der Waals surface area contributed by atoms with E-state index in [2.05, 4.69) is 379 Å². The third-order valence-electron chi connectivity index (χ3n) is 21.9. The molecule has 0 N–H and O–H groups in total. The minimum atomic E-state index is 0.954. The highest BCUT2D eigenvalue weighted by Gasteiger charge is 2.22. The summed E-state index contributed by atoms with van der Waals surface area (Å²) in [6, 6.07) is 129. The van der Waals surface area contributed by atoms with Crippen molar-refractivity contribution in [1.29, 1.82) is 0 Å². The molecule has 22 aromatic rings. The van der Waals surface area contributed by atoms with E-state index in [4.69, 9.17) is 13.3 Å². The summed E-state index contributed by atoms with van der Waals surface area (Å²) in [7, 11) is 0. The Hall–Kier alpha value is -13.6. The number of fused-ring (bicyclic) bond motifs is 20. The van der Waals surface area contributed by atoms with Crippen LogP contribution in [-0.2, 0) is 0 Å². The molecule has 19 aromatic carbocycles. The summed E-state index contributed by atoms with van der Waals surface area (Å²) in [5, 5.41) is 24.7. The monoisotopic (exact) mass is 1350 g/mol. The molecule has 0 saturated carbocycles. The number of rotatable bonds is 6. The fourth-order valence-electron chi connectivity index (χ4n) is 16.6. The SMILES string of the molecule is Cc1cc2ccccc2c2c1oc1c(-c3ccc(-c4ccc5ccccc5c4)cc3)cccc12.Cc1cccc2c1oc1c(-c3ccc(-c4cc5ccccc5c5ccccc45)cc3)cc3ccccc3c12.Cc1cccc2c1oc1c(-c3ccc(-c4ccc5ccccc5c4)cc3)cc3ccccc3c12. The molecule has 0 aliphatic rings. The van der Waals surface area contributed by atoms with Gasteiger partial charge in [-0.15, -0.1) is 0 Å². The summed E-state index contributed by atoms with van der Waals surface area (Å²) in [6.45, 7) is 6.37. The van der Waals surface area contributed by atoms with E-state index in [1.165, 1.54) is 147 Å². The average molecular weight is 1350 g/mol. The van der Waals surface area contributed by atoms with E-state index in [0.29, 0.717) is 0 Å². The molecule has 106 heavy (non-hydrogen) atoms. The standard InChI is InChI=1S/C37H24O.2C33H22O/c1-23-9-8-16-32-35-29-13-5-3-11-27(29)22-34(37(35)38-36(23)32)25-19-17-24(18-20-25)33-21-26-10-2-4-12-28(26)30-14-6-7-15-31(30)33;1-21-7-6-12-29-31-28-11-5-4-10-27(28)20-30(33(31)34-32(21)29)24-16-13-23(14-17-24)26-18-15-22-8-2-3-9-25(22)19-26;1-21-19-27-9-4-5-10-28(27)31-30-12-6-11-29(33(30)34-32(21)31)24-16-13-23(14-17-24)26-18-15-22-7-2-3-8-25(22)20-26/h2-22H,1H3;2*2-20H,1H3. The third-order valence-corrected chi connectivity index (χ3v) is 21.9. The molecule has 0 saturated heterocycles. The number of para-hydroxylation sites is 3. The Kier molecular flexibility index (Phi) is 14.9. The Morgan fingerprint density at radius 2 is 0.462 bits per heavy atom. The molecule has 0 aliphatic carbocycles. The molecular weight excluding hydrogens is 1290 g/mol. The van der Waals surface area contributed by atoms with Crippen molar-refractivity contribution in [2.45, 2.75) is 20.8 Å². The van der Waals surface area contributed by atoms with Crippen molar-refractivity contribution in [2.24, 2.45) is 0 Å². The molecule has 0 spiro atoms. The van der Waals surface area contributed by atoms with Gasteiger partial charge in [-0.25, -0.2) is 0 Å². The molecule has 0 aliphatic heterocycles. The zero-order valence-electron chi connectivity index (χ0n) is 58.8. The Morgan fingerprint density at radius 3 is 0.943 bits per heavy atom. The molecule has 0 radical (unpaired) electrons. The van der Waals surface area contributed by atoms with Crippen molar-refractivity contribution >= 4 is 141 Å². The maximum Gasteiger partial charge on any atom is 0.143 e. The van der Waals surface area contributed by atoms with E-state index in [9.17, 15) is 0 Å². The zero-order chi connectivity index (χ0) is 70.5. The third kappa shape index (κ3) is 10.6. The van der Waals surface area contributed by atoms with Gasteiger partial charge in [0.25, 0.3) is 0 Å². The highest BCUT2D eigenvalue weighted by molar-refractivity contribution is 6.25. The van der Waals surface area contributed by atoms with E-state index in [0.717, 1.165) is 78.0 Å². The van der Waals surface area contributed by atoms with Crippen molar-refractivity contribution in [1.82, 2.24) is 0 Å². The topological polar surface area (TPSA) is 39.4 Å². The van der Waals surface area contributed by atoms with Gasteiger partial charge in [0.1, 0.15) is 33.5 Å². The second kappa shape index (κ2) is 25.4. The van der Waals surface area contributed by atoms with Gasteiger partial charge in [-0.2, -0.15) is 0 Å². The van der Waals surface area contributed by atoms with Crippen LogP contribution in [0.2, 0.25) is 0 Å². The molecule has 3 aromatic heterocycles. The fraction of sp³-hybridized carbons (Fsp3) is 0.0291. The van der Waals surface area contributed by atoms with E-state index in [1.54, 1.807) is 0 Å². The molecule has 0 bridgehead atoms. The van der Waals surface area contributed by atoms with Crippen LogP contribution in [0, 0.1) is 20.8 Å². The highest BCUT2D eigenvalue weighted by Crippen LogP contribution is 2.47.